The highest BCUT2D eigenvalue weighted by Crippen LogP contribution is 2.16. The minimum Gasteiger partial charge on any atom is -0.497 e. The SMILES string of the molecule is COc1ccc(NC(=O)N(CC(=O)N(CCc2ccccc2)Cc2ccc(C)o2)CC(C)C)cc1. The maximum absolute atomic E-state index is 13.5. The minimum atomic E-state index is -0.311. The molecular formula is C28H35N3O4. The van der Waals surface area contributed by atoms with Crippen molar-refractivity contribution in [1.29, 1.82) is 0 Å². The van der Waals surface area contributed by atoms with Gasteiger partial charge in [0.2, 0.25) is 5.91 Å². The predicted molar refractivity (Wildman–Crippen MR) is 137 cm³/mol. The first-order valence-corrected chi connectivity index (χ1v) is 11.9. The Hall–Kier alpha value is -3.74. The molecule has 0 aliphatic carbocycles. The van der Waals surface area contributed by atoms with Crippen molar-refractivity contribution in [3.63, 3.8) is 0 Å². The second-order valence-corrected chi connectivity index (χ2v) is 9.00. The van der Waals surface area contributed by atoms with Crippen molar-refractivity contribution in [2.75, 3.05) is 32.1 Å². The number of nitrogens with zero attached hydrogens (tertiary/aromatic N) is 2. The monoisotopic (exact) mass is 477 g/mol. The van der Waals surface area contributed by atoms with Gasteiger partial charge in [-0.15, -0.1) is 0 Å². The van der Waals surface area contributed by atoms with Crippen LogP contribution in [0.3, 0.4) is 0 Å². The number of aryl methyl sites for hydroxylation is 1. The van der Waals surface area contributed by atoms with Gasteiger partial charge in [0.25, 0.3) is 0 Å². The Kier molecular flexibility index (Phi) is 9.35. The van der Waals surface area contributed by atoms with E-state index in [1.807, 2.05) is 63.2 Å². The molecule has 0 aliphatic heterocycles. The number of benzene rings is 2. The Labute approximate surface area is 207 Å². The molecule has 1 aromatic heterocycles. The standard InChI is InChI=1S/C28H35N3O4/c1-21(2)18-31(28(33)29-24-11-14-25(34-4)15-12-24)20-27(32)30(19-26-13-10-22(3)35-26)17-16-23-8-6-5-7-9-23/h5-15,21H,16-20H2,1-4H3,(H,29,33). The quantitative estimate of drug-likeness (QED) is 0.404. The van der Waals surface area contributed by atoms with E-state index in [0.717, 1.165) is 17.1 Å². The van der Waals surface area contributed by atoms with E-state index < -0.39 is 0 Å². The van der Waals surface area contributed by atoms with Gasteiger partial charge in [0, 0.05) is 18.8 Å². The second kappa shape index (κ2) is 12.6. The highest BCUT2D eigenvalue weighted by atomic mass is 16.5. The molecule has 7 heteroatoms. The lowest BCUT2D eigenvalue weighted by Gasteiger charge is -2.28. The zero-order valence-electron chi connectivity index (χ0n) is 21.0. The third-order valence-corrected chi connectivity index (χ3v) is 5.55. The van der Waals surface area contributed by atoms with Crippen LogP contribution >= 0.6 is 0 Å². The molecule has 0 bridgehead atoms. The van der Waals surface area contributed by atoms with Crippen LogP contribution in [0.15, 0.2) is 71.1 Å². The van der Waals surface area contributed by atoms with Crippen LogP contribution in [0.2, 0.25) is 0 Å². The van der Waals surface area contributed by atoms with Crippen LogP contribution in [0.1, 0.15) is 30.9 Å². The van der Waals surface area contributed by atoms with E-state index in [4.69, 9.17) is 9.15 Å². The number of hydrogen-bond donors (Lipinski definition) is 1. The summed E-state index contributed by atoms with van der Waals surface area (Å²) in [6.07, 6.45) is 0.717. The number of nitrogens with one attached hydrogen (secondary N) is 1. The first-order chi connectivity index (χ1) is 16.8. The average molecular weight is 478 g/mol. The molecule has 35 heavy (non-hydrogen) atoms. The first-order valence-electron chi connectivity index (χ1n) is 11.9. The normalized spacial score (nSPS) is 10.8. The molecule has 0 radical (unpaired) electrons. The van der Waals surface area contributed by atoms with Gasteiger partial charge in [-0.25, -0.2) is 4.79 Å². The van der Waals surface area contributed by atoms with Gasteiger partial charge in [-0.3, -0.25) is 4.79 Å². The number of furan rings is 1. The fourth-order valence-corrected chi connectivity index (χ4v) is 3.76. The van der Waals surface area contributed by atoms with Crippen molar-refractivity contribution in [3.8, 4) is 5.75 Å². The lowest BCUT2D eigenvalue weighted by atomic mass is 10.1. The number of ether oxygens (including phenoxy) is 1. The number of rotatable bonds is 11. The van der Waals surface area contributed by atoms with Gasteiger partial charge >= 0.3 is 6.03 Å². The molecule has 0 fully saturated rings. The molecule has 3 amide bonds. The maximum atomic E-state index is 13.5. The number of anilines is 1. The summed E-state index contributed by atoms with van der Waals surface area (Å²) in [7, 11) is 1.59. The fraction of sp³-hybridized carbons (Fsp3) is 0.357. The van der Waals surface area contributed by atoms with E-state index in [2.05, 4.69) is 5.32 Å². The topological polar surface area (TPSA) is 75.0 Å². The summed E-state index contributed by atoms with van der Waals surface area (Å²) < 4.78 is 10.9. The molecule has 0 unspecified atom stereocenters. The number of carbonyl (C=O) groups excluding carboxylic acids is 2. The van der Waals surface area contributed by atoms with Gasteiger partial charge in [0.1, 0.15) is 23.8 Å². The van der Waals surface area contributed by atoms with Crippen molar-refractivity contribution in [3.05, 3.63) is 83.8 Å². The third-order valence-electron chi connectivity index (χ3n) is 5.55. The molecule has 1 heterocycles. The molecule has 0 spiro atoms. The molecule has 1 N–H and O–H groups in total. The molecule has 0 saturated heterocycles. The summed E-state index contributed by atoms with van der Waals surface area (Å²) in [4.78, 5) is 29.9. The van der Waals surface area contributed by atoms with E-state index in [1.165, 1.54) is 0 Å². The van der Waals surface area contributed by atoms with E-state index in [0.29, 0.717) is 37.5 Å². The molecule has 2 aromatic carbocycles. The minimum absolute atomic E-state index is 0.0192. The average Bonchev–Trinajstić information content (AvgIpc) is 3.26. The van der Waals surface area contributed by atoms with Crippen LogP contribution in [0, 0.1) is 12.8 Å². The zero-order valence-corrected chi connectivity index (χ0v) is 21.0. The maximum Gasteiger partial charge on any atom is 0.322 e. The molecule has 3 aromatic rings. The van der Waals surface area contributed by atoms with Crippen LogP contribution in [0.5, 0.6) is 5.75 Å². The number of amides is 3. The van der Waals surface area contributed by atoms with Gasteiger partial charge in [-0.05, 0) is 61.2 Å². The summed E-state index contributed by atoms with van der Waals surface area (Å²) in [5.41, 5.74) is 1.79. The van der Waals surface area contributed by atoms with Gasteiger partial charge in [0.15, 0.2) is 0 Å². The van der Waals surface area contributed by atoms with E-state index >= 15 is 0 Å². The highest BCUT2D eigenvalue weighted by Gasteiger charge is 2.23. The fourth-order valence-electron chi connectivity index (χ4n) is 3.76. The summed E-state index contributed by atoms with van der Waals surface area (Å²) in [6, 6.07) is 20.6. The van der Waals surface area contributed by atoms with Crippen LogP contribution in [0.25, 0.3) is 0 Å². The lowest BCUT2D eigenvalue weighted by molar-refractivity contribution is -0.132. The van der Waals surface area contributed by atoms with Crippen molar-refractivity contribution in [1.82, 2.24) is 9.80 Å². The molecule has 3 rings (SSSR count). The summed E-state index contributed by atoms with van der Waals surface area (Å²) in [5, 5.41) is 2.90. The van der Waals surface area contributed by atoms with Gasteiger partial charge in [0.05, 0.1) is 13.7 Å². The predicted octanol–water partition coefficient (Wildman–Crippen LogP) is 5.36. The third kappa shape index (κ3) is 8.21. The van der Waals surface area contributed by atoms with Gasteiger partial charge in [-0.2, -0.15) is 0 Å². The molecule has 186 valence electrons. The zero-order chi connectivity index (χ0) is 25.2. The highest BCUT2D eigenvalue weighted by molar-refractivity contribution is 5.92. The number of methoxy groups -OCH3 is 1. The Morgan fingerprint density at radius 3 is 2.29 bits per heavy atom. The van der Waals surface area contributed by atoms with Gasteiger partial charge in [-0.1, -0.05) is 44.2 Å². The Morgan fingerprint density at radius 2 is 1.69 bits per heavy atom. The van der Waals surface area contributed by atoms with E-state index in [-0.39, 0.29) is 24.4 Å². The van der Waals surface area contributed by atoms with E-state index in [9.17, 15) is 9.59 Å². The lowest BCUT2D eigenvalue weighted by Crippen LogP contribution is -2.46. The second-order valence-electron chi connectivity index (χ2n) is 9.00. The molecule has 0 saturated carbocycles. The van der Waals surface area contributed by atoms with E-state index in [1.54, 1.807) is 41.2 Å². The summed E-state index contributed by atoms with van der Waals surface area (Å²) >= 11 is 0. The number of hydrogen-bond acceptors (Lipinski definition) is 4. The van der Waals surface area contributed by atoms with Crippen molar-refractivity contribution in [2.45, 2.75) is 33.7 Å². The summed E-state index contributed by atoms with van der Waals surface area (Å²) in [5.74, 6) is 2.31. The summed E-state index contributed by atoms with van der Waals surface area (Å²) in [6.45, 7) is 7.25. The van der Waals surface area contributed by atoms with Crippen LogP contribution in [-0.4, -0.2) is 48.5 Å². The van der Waals surface area contributed by atoms with Crippen LogP contribution in [0.4, 0.5) is 10.5 Å². The molecule has 0 aliphatic rings. The van der Waals surface area contributed by atoms with Crippen molar-refractivity contribution < 1.29 is 18.7 Å². The van der Waals surface area contributed by atoms with Crippen molar-refractivity contribution in [2.24, 2.45) is 5.92 Å². The van der Waals surface area contributed by atoms with Crippen LogP contribution < -0.4 is 10.1 Å². The number of urea groups is 1. The van der Waals surface area contributed by atoms with Crippen LogP contribution in [-0.2, 0) is 17.8 Å². The molecular weight excluding hydrogens is 442 g/mol. The Balaban J connectivity index is 1.72. The molecule has 0 atom stereocenters. The van der Waals surface area contributed by atoms with Crippen molar-refractivity contribution >= 4 is 17.6 Å². The smallest absolute Gasteiger partial charge is 0.322 e. The Bertz CT molecular complexity index is 1080. The van der Waals surface area contributed by atoms with Gasteiger partial charge < -0.3 is 24.3 Å². The Morgan fingerprint density at radius 1 is 0.971 bits per heavy atom. The largest absolute Gasteiger partial charge is 0.497 e. The molecule has 7 nitrogen and oxygen atoms in total. The number of carbonyl (C=O) groups is 2. The first kappa shape index (κ1) is 25.9.